The first kappa shape index (κ1) is 12.7. The maximum Gasteiger partial charge on any atom is 0.310 e. The van der Waals surface area contributed by atoms with E-state index in [9.17, 15) is 10.1 Å². The maximum atomic E-state index is 10.7. The Morgan fingerprint density at radius 1 is 1.62 bits per heavy atom. The number of hydrogen-bond donors (Lipinski definition) is 1. The Morgan fingerprint density at radius 3 is 2.81 bits per heavy atom. The van der Waals surface area contributed by atoms with Crippen LogP contribution in [0.1, 0.15) is 5.56 Å². The third kappa shape index (κ3) is 3.32. The van der Waals surface area contributed by atoms with Gasteiger partial charge < -0.3 is 10.5 Å². The van der Waals surface area contributed by atoms with Crippen LogP contribution in [0.5, 0.6) is 5.75 Å². The highest BCUT2D eigenvalue weighted by Crippen LogP contribution is 2.28. The van der Waals surface area contributed by atoms with Gasteiger partial charge in [0.05, 0.1) is 4.92 Å². The number of hydrogen-bond acceptors (Lipinski definition) is 4. The number of nitro groups is 1. The monoisotopic (exact) mass is 286 g/mol. The van der Waals surface area contributed by atoms with E-state index in [-0.39, 0.29) is 18.0 Å². The van der Waals surface area contributed by atoms with Crippen LogP contribution >= 0.6 is 15.9 Å². The molecule has 1 aromatic rings. The Kier molecular flexibility index (Phi) is 4.45. The van der Waals surface area contributed by atoms with Gasteiger partial charge in [-0.2, -0.15) is 0 Å². The highest BCUT2D eigenvalue weighted by molar-refractivity contribution is 9.11. The van der Waals surface area contributed by atoms with Crippen LogP contribution in [0.15, 0.2) is 29.3 Å². The summed E-state index contributed by atoms with van der Waals surface area (Å²) < 4.78 is 5.87. The Labute approximate surface area is 101 Å². The molecule has 0 saturated heterocycles. The molecule has 0 aliphatic carbocycles. The van der Waals surface area contributed by atoms with Crippen molar-refractivity contribution in [1.82, 2.24) is 0 Å². The van der Waals surface area contributed by atoms with Gasteiger partial charge in [-0.25, -0.2) is 0 Å². The SMILES string of the molecule is C=C(Br)COc1cc(CN)ccc1[N+](=O)[O-]. The molecule has 0 bridgehead atoms. The topological polar surface area (TPSA) is 78.4 Å². The van der Waals surface area contributed by atoms with Crippen molar-refractivity contribution in [2.24, 2.45) is 5.73 Å². The smallest absolute Gasteiger partial charge is 0.310 e. The summed E-state index contributed by atoms with van der Waals surface area (Å²) >= 11 is 3.12. The van der Waals surface area contributed by atoms with Gasteiger partial charge in [0.15, 0.2) is 5.75 Å². The average Bonchev–Trinajstić information content (AvgIpc) is 2.25. The molecule has 0 aliphatic heterocycles. The molecule has 6 heteroatoms. The molecule has 0 atom stereocenters. The number of benzene rings is 1. The largest absolute Gasteiger partial charge is 0.481 e. The van der Waals surface area contributed by atoms with Gasteiger partial charge in [0.25, 0.3) is 0 Å². The normalized spacial score (nSPS) is 9.88. The lowest BCUT2D eigenvalue weighted by atomic mass is 10.2. The fourth-order valence-corrected chi connectivity index (χ4v) is 1.22. The molecule has 1 aromatic carbocycles. The Bertz CT molecular complexity index is 421. The van der Waals surface area contributed by atoms with Crippen LogP contribution in [-0.4, -0.2) is 11.5 Å². The summed E-state index contributed by atoms with van der Waals surface area (Å²) in [6.45, 7) is 4.07. The zero-order chi connectivity index (χ0) is 12.1. The third-order valence-corrected chi connectivity index (χ3v) is 2.07. The highest BCUT2D eigenvalue weighted by Gasteiger charge is 2.15. The molecule has 0 fully saturated rings. The fraction of sp³-hybridized carbons (Fsp3) is 0.200. The van der Waals surface area contributed by atoms with Gasteiger partial charge >= 0.3 is 5.69 Å². The summed E-state index contributed by atoms with van der Waals surface area (Å²) in [6.07, 6.45) is 0. The molecule has 0 radical (unpaired) electrons. The lowest BCUT2D eigenvalue weighted by Crippen LogP contribution is -2.02. The molecule has 0 amide bonds. The summed E-state index contributed by atoms with van der Waals surface area (Å²) in [5.41, 5.74) is 6.15. The minimum absolute atomic E-state index is 0.0778. The van der Waals surface area contributed by atoms with Gasteiger partial charge in [-0.15, -0.1) is 0 Å². The first-order chi connectivity index (χ1) is 7.54. The van der Waals surface area contributed by atoms with Crippen LogP contribution in [-0.2, 0) is 6.54 Å². The number of nitrogens with zero attached hydrogens (tertiary/aromatic N) is 1. The summed E-state index contributed by atoms with van der Waals surface area (Å²) in [5, 5.41) is 10.7. The molecule has 0 unspecified atom stereocenters. The third-order valence-electron chi connectivity index (χ3n) is 1.84. The van der Waals surface area contributed by atoms with Crippen LogP contribution in [0.2, 0.25) is 0 Å². The minimum Gasteiger partial charge on any atom is -0.481 e. The lowest BCUT2D eigenvalue weighted by molar-refractivity contribution is -0.385. The van der Waals surface area contributed by atoms with Crippen molar-refractivity contribution in [1.29, 1.82) is 0 Å². The standard InChI is InChI=1S/C10H11BrN2O3/c1-7(11)6-16-10-4-8(5-12)2-3-9(10)13(14)15/h2-4H,1,5-6,12H2. The van der Waals surface area contributed by atoms with Gasteiger partial charge in [0.1, 0.15) is 6.61 Å². The summed E-state index contributed by atoms with van der Waals surface area (Å²) in [4.78, 5) is 10.2. The van der Waals surface area contributed by atoms with Crippen molar-refractivity contribution in [2.45, 2.75) is 6.54 Å². The molecule has 16 heavy (non-hydrogen) atoms. The van der Waals surface area contributed by atoms with Gasteiger partial charge in [-0.3, -0.25) is 10.1 Å². The molecule has 0 aromatic heterocycles. The van der Waals surface area contributed by atoms with Crippen molar-refractivity contribution in [3.63, 3.8) is 0 Å². The lowest BCUT2D eigenvalue weighted by Gasteiger charge is -2.07. The van der Waals surface area contributed by atoms with Crippen LogP contribution in [0.25, 0.3) is 0 Å². The number of rotatable bonds is 5. The van der Waals surface area contributed by atoms with Crippen molar-refractivity contribution in [3.05, 3.63) is 44.9 Å². The molecular formula is C10H11BrN2O3. The number of ether oxygens (including phenoxy) is 1. The average molecular weight is 287 g/mol. The molecule has 0 spiro atoms. The zero-order valence-corrected chi connectivity index (χ0v) is 10.1. The Balaban J connectivity index is 3.00. The summed E-state index contributed by atoms with van der Waals surface area (Å²) in [7, 11) is 0. The van der Waals surface area contributed by atoms with E-state index in [1.807, 2.05) is 0 Å². The van der Waals surface area contributed by atoms with Crippen LogP contribution in [0, 0.1) is 10.1 Å². The second-order valence-corrected chi connectivity index (χ2v) is 4.19. The van der Waals surface area contributed by atoms with Crippen LogP contribution < -0.4 is 10.5 Å². The first-order valence-electron chi connectivity index (χ1n) is 4.48. The van der Waals surface area contributed by atoms with Gasteiger partial charge in [-0.05, 0) is 11.6 Å². The second-order valence-electron chi connectivity index (χ2n) is 3.07. The van der Waals surface area contributed by atoms with E-state index in [0.29, 0.717) is 11.0 Å². The Hall–Kier alpha value is -1.40. The van der Waals surface area contributed by atoms with Crippen molar-refractivity contribution in [2.75, 3.05) is 6.61 Å². The molecule has 5 nitrogen and oxygen atoms in total. The van der Waals surface area contributed by atoms with E-state index >= 15 is 0 Å². The fourth-order valence-electron chi connectivity index (χ4n) is 1.11. The summed E-state index contributed by atoms with van der Waals surface area (Å²) in [6, 6.07) is 4.55. The van der Waals surface area contributed by atoms with Gasteiger partial charge in [-0.1, -0.05) is 28.6 Å². The number of nitro benzene ring substituents is 1. The molecule has 1 rings (SSSR count). The second kappa shape index (κ2) is 5.62. The molecule has 86 valence electrons. The van der Waals surface area contributed by atoms with Crippen molar-refractivity contribution < 1.29 is 9.66 Å². The zero-order valence-electron chi connectivity index (χ0n) is 8.48. The van der Waals surface area contributed by atoms with E-state index < -0.39 is 4.92 Å². The quantitative estimate of drug-likeness (QED) is 0.666. The predicted molar refractivity (Wildman–Crippen MR) is 64.5 cm³/mol. The van der Waals surface area contributed by atoms with Crippen LogP contribution in [0.3, 0.4) is 0 Å². The number of halogens is 1. The van der Waals surface area contributed by atoms with Crippen molar-refractivity contribution in [3.8, 4) is 5.75 Å². The molecule has 0 saturated carbocycles. The summed E-state index contributed by atoms with van der Waals surface area (Å²) in [5.74, 6) is 0.202. The first-order valence-corrected chi connectivity index (χ1v) is 5.27. The van der Waals surface area contributed by atoms with E-state index in [2.05, 4.69) is 22.5 Å². The van der Waals surface area contributed by atoms with Crippen LogP contribution in [0.4, 0.5) is 5.69 Å². The molecule has 2 N–H and O–H groups in total. The molecule has 0 aliphatic rings. The minimum atomic E-state index is -0.493. The Morgan fingerprint density at radius 2 is 2.31 bits per heavy atom. The predicted octanol–water partition coefficient (Wildman–Crippen LogP) is 2.34. The van der Waals surface area contributed by atoms with E-state index in [1.165, 1.54) is 6.07 Å². The number of nitrogens with two attached hydrogens (primary N) is 1. The highest BCUT2D eigenvalue weighted by atomic mass is 79.9. The van der Waals surface area contributed by atoms with Gasteiger partial charge in [0.2, 0.25) is 0 Å². The molecular weight excluding hydrogens is 276 g/mol. The van der Waals surface area contributed by atoms with Crippen molar-refractivity contribution >= 4 is 21.6 Å². The van der Waals surface area contributed by atoms with E-state index in [0.717, 1.165) is 5.56 Å². The maximum absolute atomic E-state index is 10.7. The van der Waals surface area contributed by atoms with Gasteiger partial charge in [0, 0.05) is 17.1 Å². The van der Waals surface area contributed by atoms with E-state index in [4.69, 9.17) is 10.5 Å². The van der Waals surface area contributed by atoms with E-state index in [1.54, 1.807) is 12.1 Å². The molecule has 0 heterocycles.